The van der Waals surface area contributed by atoms with Crippen LogP contribution in [0.15, 0.2) is 38.6 Å². The summed E-state index contributed by atoms with van der Waals surface area (Å²) in [5.41, 5.74) is 1.21. The average molecular weight is 479 g/mol. The lowest BCUT2D eigenvalue weighted by Crippen LogP contribution is -2.48. The van der Waals surface area contributed by atoms with E-state index in [0.717, 1.165) is 50.9 Å². The maximum absolute atomic E-state index is 12.5. The molecular weight excluding hydrogens is 464 g/mol. The summed E-state index contributed by atoms with van der Waals surface area (Å²) in [4.78, 5) is 17.6. The fourth-order valence-electron chi connectivity index (χ4n) is 2.61. The second-order valence-corrected chi connectivity index (χ2v) is 9.09. The summed E-state index contributed by atoms with van der Waals surface area (Å²) in [6, 6.07) is 9.84. The minimum absolute atomic E-state index is 0.115. The minimum Gasteiger partial charge on any atom is -0.335 e. The Balaban J connectivity index is 1.56. The number of hydrogen-bond donors (Lipinski definition) is 0. The number of carbonyl (C=O) groups is 1. The van der Waals surface area contributed by atoms with Gasteiger partial charge in [0.2, 0.25) is 0 Å². The Kier molecular flexibility index (Phi) is 5.80. The first-order valence-electron chi connectivity index (χ1n) is 7.24. The van der Waals surface area contributed by atoms with Gasteiger partial charge < -0.3 is 4.90 Å². The van der Waals surface area contributed by atoms with Crippen LogP contribution in [0.4, 0.5) is 0 Å². The van der Waals surface area contributed by atoms with Crippen LogP contribution in [0.3, 0.4) is 0 Å². The van der Waals surface area contributed by atoms with Crippen LogP contribution in [0.1, 0.15) is 15.2 Å². The first kappa shape index (κ1) is 17.4. The molecule has 7 heteroatoms. The van der Waals surface area contributed by atoms with E-state index < -0.39 is 0 Å². The highest BCUT2D eigenvalue weighted by atomic mass is 79.9. The molecule has 0 aliphatic carbocycles. The fraction of sp³-hybridized carbons (Fsp3) is 0.312. The third-order valence-electron chi connectivity index (χ3n) is 3.81. The molecule has 0 N–H and O–H groups in total. The summed E-state index contributed by atoms with van der Waals surface area (Å²) in [7, 11) is 0. The van der Waals surface area contributed by atoms with Gasteiger partial charge in [-0.05, 0) is 55.6 Å². The van der Waals surface area contributed by atoms with Gasteiger partial charge in [0, 0.05) is 42.2 Å². The zero-order valence-corrected chi connectivity index (χ0v) is 17.0. The first-order chi connectivity index (χ1) is 11.0. The predicted molar refractivity (Wildman–Crippen MR) is 102 cm³/mol. The van der Waals surface area contributed by atoms with Gasteiger partial charge in [0.1, 0.15) is 0 Å². The third-order valence-corrected chi connectivity index (χ3v) is 7.29. The largest absolute Gasteiger partial charge is 0.335 e. The van der Waals surface area contributed by atoms with E-state index >= 15 is 0 Å². The second kappa shape index (κ2) is 7.66. The molecule has 1 aliphatic rings. The molecule has 122 valence electrons. The van der Waals surface area contributed by atoms with Crippen LogP contribution in [0.2, 0.25) is 5.02 Å². The highest BCUT2D eigenvalue weighted by Gasteiger charge is 2.24. The molecule has 1 amide bonds. The lowest BCUT2D eigenvalue weighted by Gasteiger charge is -2.34. The van der Waals surface area contributed by atoms with Crippen molar-refractivity contribution in [2.45, 2.75) is 6.54 Å². The lowest BCUT2D eigenvalue weighted by molar-refractivity contribution is 0.0633. The molecule has 2 aromatic rings. The molecule has 0 bridgehead atoms. The number of benzene rings is 1. The van der Waals surface area contributed by atoms with Crippen molar-refractivity contribution in [2.24, 2.45) is 0 Å². The van der Waals surface area contributed by atoms with E-state index in [2.05, 4.69) is 42.8 Å². The zero-order valence-electron chi connectivity index (χ0n) is 12.3. The number of nitrogens with zero attached hydrogens (tertiary/aromatic N) is 2. The Morgan fingerprint density at radius 2 is 1.91 bits per heavy atom. The van der Waals surface area contributed by atoms with Gasteiger partial charge in [-0.25, -0.2) is 0 Å². The van der Waals surface area contributed by atoms with Crippen molar-refractivity contribution < 1.29 is 4.79 Å². The maximum atomic E-state index is 12.5. The number of halogens is 3. The molecule has 1 aliphatic heterocycles. The molecule has 3 rings (SSSR count). The Morgan fingerprint density at radius 3 is 2.52 bits per heavy atom. The number of carbonyl (C=O) groups excluding carboxylic acids is 1. The molecule has 0 saturated carbocycles. The number of hydrogen-bond acceptors (Lipinski definition) is 3. The van der Waals surface area contributed by atoms with Crippen LogP contribution in [-0.2, 0) is 6.54 Å². The summed E-state index contributed by atoms with van der Waals surface area (Å²) in [6.45, 7) is 4.15. The van der Waals surface area contributed by atoms with Crippen LogP contribution in [-0.4, -0.2) is 41.9 Å². The van der Waals surface area contributed by atoms with Gasteiger partial charge >= 0.3 is 0 Å². The van der Waals surface area contributed by atoms with Crippen molar-refractivity contribution >= 4 is 60.7 Å². The van der Waals surface area contributed by atoms with Gasteiger partial charge in [-0.3, -0.25) is 9.69 Å². The SMILES string of the molecule is O=C(c1cc(Br)c(Br)s1)N1CCN(Cc2cccc(Cl)c2)CC1. The molecule has 1 aromatic heterocycles. The Labute approximate surface area is 161 Å². The monoisotopic (exact) mass is 476 g/mol. The molecule has 23 heavy (non-hydrogen) atoms. The van der Waals surface area contributed by atoms with Gasteiger partial charge in [-0.15, -0.1) is 11.3 Å². The van der Waals surface area contributed by atoms with Crippen molar-refractivity contribution in [1.82, 2.24) is 9.80 Å². The van der Waals surface area contributed by atoms with E-state index in [1.165, 1.54) is 16.9 Å². The van der Waals surface area contributed by atoms with Crippen molar-refractivity contribution in [2.75, 3.05) is 26.2 Å². The van der Waals surface area contributed by atoms with Crippen LogP contribution in [0.25, 0.3) is 0 Å². The molecule has 1 fully saturated rings. The molecule has 1 saturated heterocycles. The van der Waals surface area contributed by atoms with E-state index in [4.69, 9.17) is 11.6 Å². The molecule has 1 aromatic carbocycles. The van der Waals surface area contributed by atoms with Gasteiger partial charge in [0.25, 0.3) is 5.91 Å². The molecule has 0 radical (unpaired) electrons. The Bertz CT molecular complexity index is 694. The Morgan fingerprint density at radius 1 is 1.17 bits per heavy atom. The molecule has 2 heterocycles. The average Bonchev–Trinajstić information content (AvgIpc) is 2.87. The topological polar surface area (TPSA) is 23.6 Å². The van der Waals surface area contributed by atoms with Crippen LogP contribution < -0.4 is 0 Å². The van der Waals surface area contributed by atoms with Gasteiger partial charge in [-0.1, -0.05) is 23.7 Å². The third kappa shape index (κ3) is 4.37. The standard InChI is InChI=1S/C16H15Br2ClN2OS/c17-13-9-14(23-15(13)18)16(22)21-6-4-20(5-7-21)10-11-2-1-3-12(19)8-11/h1-3,8-9H,4-7,10H2. The van der Waals surface area contributed by atoms with Gasteiger partial charge in [0.05, 0.1) is 8.66 Å². The lowest BCUT2D eigenvalue weighted by atomic mass is 10.2. The molecule has 0 spiro atoms. The molecule has 0 atom stereocenters. The highest BCUT2D eigenvalue weighted by Crippen LogP contribution is 2.33. The molecule has 3 nitrogen and oxygen atoms in total. The number of piperazine rings is 1. The van der Waals surface area contributed by atoms with Crippen LogP contribution in [0.5, 0.6) is 0 Å². The van der Waals surface area contributed by atoms with Crippen LogP contribution in [0, 0.1) is 0 Å². The predicted octanol–water partition coefficient (Wildman–Crippen LogP) is 4.88. The summed E-state index contributed by atoms with van der Waals surface area (Å²) in [6.07, 6.45) is 0. The highest BCUT2D eigenvalue weighted by molar-refractivity contribution is 9.13. The molecule has 0 unspecified atom stereocenters. The van der Waals surface area contributed by atoms with E-state index in [9.17, 15) is 4.79 Å². The molecular formula is C16H15Br2ClN2OS. The van der Waals surface area contributed by atoms with Crippen molar-refractivity contribution in [3.05, 3.63) is 54.1 Å². The fourth-order valence-corrected chi connectivity index (χ4v) is 4.83. The zero-order chi connectivity index (χ0) is 16.4. The number of amides is 1. The van der Waals surface area contributed by atoms with E-state index in [-0.39, 0.29) is 5.91 Å². The minimum atomic E-state index is 0.115. The van der Waals surface area contributed by atoms with Gasteiger partial charge in [-0.2, -0.15) is 0 Å². The van der Waals surface area contributed by atoms with E-state index in [0.29, 0.717) is 0 Å². The summed E-state index contributed by atoms with van der Waals surface area (Å²) >= 11 is 14.4. The maximum Gasteiger partial charge on any atom is 0.264 e. The smallest absolute Gasteiger partial charge is 0.264 e. The van der Waals surface area contributed by atoms with Gasteiger partial charge in [0.15, 0.2) is 0 Å². The van der Waals surface area contributed by atoms with E-state index in [1.54, 1.807) is 0 Å². The number of thiophene rings is 1. The summed E-state index contributed by atoms with van der Waals surface area (Å²) in [5, 5.41) is 0.769. The first-order valence-corrected chi connectivity index (χ1v) is 10.0. The van der Waals surface area contributed by atoms with Crippen molar-refractivity contribution in [3.8, 4) is 0 Å². The quantitative estimate of drug-likeness (QED) is 0.628. The second-order valence-electron chi connectivity index (χ2n) is 5.43. The summed E-state index contributed by atoms with van der Waals surface area (Å²) in [5.74, 6) is 0.115. The Hall–Kier alpha value is -0.400. The summed E-state index contributed by atoms with van der Waals surface area (Å²) < 4.78 is 1.89. The van der Waals surface area contributed by atoms with Crippen molar-refractivity contribution in [1.29, 1.82) is 0 Å². The normalized spacial score (nSPS) is 15.9. The van der Waals surface area contributed by atoms with Crippen LogP contribution >= 0.6 is 54.8 Å². The van der Waals surface area contributed by atoms with Crippen molar-refractivity contribution in [3.63, 3.8) is 0 Å². The van der Waals surface area contributed by atoms with E-state index in [1.807, 2.05) is 29.2 Å². The number of rotatable bonds is 3.